The number of carbonyl (C=O) groups is 1. The highest BCUT2D eigenvalue weighted by Gasteiger charge is 2.14. The SMILES string of the molecule is COc1cccc(NC(=O)c2ccc(Cn3nc(C)c(Cl)c3C)o2)c1. The van der Waals surface area contributed by atoms with Crippen molar-refractivity contribution in [1.82, 2.24) is 9.78 Å². The summed E-state index contributed by atoms with van der Waals surface area (Å²) in [5, 5.41) is 7.78. The standard InChI is InChI=1S/C18H18ClN3O3/c1-11-17(19)12(2)22(21-11)10-15-7-8-16(25-15)18(23)20-13-5-4-6-14(9-13)24-3/h4-9H,10H2,1-3H3,(H,20,23). The van der Waals surface area contributed by atoms with E-state index in [-0.39, 0.29) is 11.7 Å². The number of aryl methyl sites for hydroxylation is 1. The minimum atomic E-state index is -0.328. The van der Waals surface area contributed by atoms with Crippen molar-refractivity contribution in [3.63, 3.8) is 0 Å². The molecule has 1 N–H and O–H groups in total. The molecule has 0 atom stereocenters. The zero-order chi connectivity index (χ0) is 18.0. The van der Waals surface area contributed by atoms with E-state index in [1.165, 1.54) is 0 Å². The molecule has 7 heteroatoms. The molecule has 0 radical (unpaired) electrons. The Morgan fingerprint density at radius 2 is 2.12 bits per heavy atom. The molecule has 130 valence electrons. The van der Waals surface area contributed by atoms with Crippen LogP contribution in [-0.2, 0) is 6.54 Å². The normalized spacial score (nSPS) is 10.7. The first-order chi connectivity index (χ1) is 12.0. The van der Waals surface area contributed by atoms with Crippen LogP contribution < -0.4 is 10.1 Å². The minimum absolute atomic E-state index is 0.227. The van der Waals surface area contributed by atoms with Gasteiger partial charge in [0, 0.05) is 11.8 Å². The van der Waals surface area contributed by atoms with Gasteiger partial charge in [-0.25, -0.2) is 0 Å². The second kappa shape index (κ2) is 7.03. The molecule has 0 unspecified atom stereocenters. The number of methoxy groups -OCH3 is 1. The van der Waals surface area contributed by atoms with Crippen LogP contribution in [-0.4, -0.2) is 22.8 Å². The van der Waals surface area contributed by atoms with Gasteiger partial charge in [-0.3, -0.25) is 9.48 Å². The molecule has 3 aromatic rings. The summed E-state index contributed by atoms with van der Waals surface area (Å²) in [4.78, 5) is 12.3. The van der Waals surface area contributed by atoms with Crippen LogP contribution in [0.5, 0.6) is 5.75 Å². The van der Waals surface area contributed by atoms with Gasteiger partial charge < -0.3 is 14.5 Å². The Hall–Kier alpha value is -2.73. The molecule has 0 fully saturated rings. The van der Waals surface area contributed by atoms with E-state index < -0.39 is 0 Å². The fraction of sp³-hybridized carbons (Fsp3) is 0.222. The Balaban J connectivity index is 1.72. The number of nitrogens with zero attached hydrogens (tertiary/aromatic N) is 2. The predicted octanol–water partition coefficient (Wildman–Crippen LogP) is 4.06. The van der Waals surface area contributed by atoms with Crippen molar-refractivity contribution in [3.8, 4) is 5.75 Å². The number of furan rings is 1. The van der Waals surface area contributed by atoms with Gasteiger partial charge in [-0.05, 0) is 38.1 Å². The van der Waals surface area contributed by atoms with E-state index in [0.717, 1.165) is 11.4 Å². The topological polar surface area (TPSA) is 69.3 Å². The quantitative estimate of drug-likeness (QED) is 0.746. The number of anilines is 1. The van der Waals surface area contributed by atoms with E-state index >= 15 is 0 Å². The van der Waals surface area contributed by atoms with Gasteiger partial charge in [-0.2, -0.15) is 5.10 Å². The maximum Gasteiger partial charge on any atom is 0.291 e. The van der Waals surface area contributed by atoms with E-state index in [0.29, 0.717) is 28.8 Å². The van der Waals surface area contributed by atoms with Crippen molar-refractivity contribution in [2.45, 2.75) is 20.4 Å². The van der Waals surface area contributed by atoms with Gasteiger partial charge in [0.05, 0.1) is 30.1 Å². The lowest BCUT2D eigenvalue weighted by atomic mass is 10.3. The molecule has 3 rings (SSSR count). The molecule has 1 amide bonds. The molecule has 25 heavy (non-hydrogen) atoms. The number of benzene rings is 1. The zero-order valence-electron chi connectivity index (χ0n) is 14.2. The van der Waals surface area contributed by atoms with Crippen molar-refractivity contribution in [2.24, 2.45) is 0 Å². The van der Waals surface area contributed by atoms with Crippen molar-refractivity contribution in [1.29, 1.82) is 0 Å². The number of nitrogens with one attached hydrogen (secondary N) is 1. The van der Waals surface area contributed by atoms with Crippen LogP contribution in [0.25, 0.3) is 0 Å². The zero-order valence-corrected chi connectivity index (χ0v) is 14.9. The highest BCUT2D eigenvalue weighted by molar-refractivity contribution is 6.31. The van der Waals surface area contributed by atoms with Crippen LogP contribution in [0.15, 0.2) is 40.8 Å². The van der Waals surface area contributed by atoms with Crippen LogP contribution in [0.1, 0.15) is 27.7 Å². The van der Waals surface area contributed by atoms with Crippen LogP contribution in [0.3, 0.4) is 0 Å². The fourth-order valence-corrected chi connectivity index (χ4v) is 2.59. The van der Waals surface area contributed by atoms with Crippen LogP contribution in [0, 0.1) is 13.8 Å². The first-order valence-electron chi connectivity index (χ1n) is 7.71. The van der Waals surface area contributed by atoms with E-state index in [1.807, 2.05) is 13.8 Å². The summed E-state index contributed by atoms with van der Waals surface area (Å²) in [7, 11) is 1.57. The molecule has 0 aliphatic rings. The van der Waals surface area contributed by atoms with Crippen molar-refractivity contribution < 1.29 is 13.9 Å². The molecule has 6 nitrogen and oxygen atoms in total. The first-order valence-corrected chi connectivity index (χ1v) is 8.09. The Labute approximate surface area is 150 Å². The van der Waals surface area contributed by atoms with Gasteiger partial charge in [-0.15, -0.1) is 0 Å². The third-order valence-corrected chi connectivity index (χ3v) is 4.36. The lowest BCUT2D eigenvalue weighted by Gasteiger charge is -2.05. The third-order valence-electron chi connectivity index (χ3n) is 3.81. The number of carbonyl (C=O) groups excluding carboxylic acids is 1. The largest absolute Gasteiger partial charge is 0.497 e. The predicted molar refractivity (Wildman–Crippen MR) is 95.5 cm³/mol. The van der Waals surface area contributed by atoms with Gasteiger partial charge in [-0.1, -0.05) is 17.7 Å². The Morgan fingerprint density at radius 1 is 1.32 bits per heavy atom. The lowest BCUT2D eigenvalue weighted by molar-refractivity contribution is 0.0994. The van der Waals surface area contributed by atoms with Crippen molar-refractivity contribution in [3.05, 3.63) is 64.3 Å². The first kappa shape index (κ1) is 17.1. The number of ether oxygens (including phenoxy) is 1. The molecule has 2 heterocycles. The summed E-state index contributed by atoms with van der Waals surface area (Å²) < 4.78 is 12.5. The van der Waals surface area contributed by atoms with Gasteiger partial charge in [0.25, 0.3) is 5.91 Å². The smallest absolute Gasteiger partial charge is 0.291 e. The number of hydrogen-bond acceptors (Lipinski definition) is 4. The summed E-state index contributed by atoms with van der Waals surface area (Å²) in [6, 6.07) is 10.5. The highest BCUT2D eigenvalue weighted by Crippen LogP contribution is 2.21. The molecule has 0 saturated heterocycles. The maximum atomic E-state index is 12.3. The summed E-state index contributed by atoms with van der Waals surface area (Å²) in [6.07, 6.45) is 0. The van der Waals surface area contributed by atoms with Crippen LogP contribution >= 0.6 is 11.6 Å². The van der Waals surface area contributed by atoms with Gasteiger partial charge in [0.2, 0.25) is 0 Å². The molecule has 0 aliphatic heterocycles. The minimum Gasteiger partial charge on any atom is -0.497 e. The molecular formula is C18H18ClN3O3. The van der Waals surface area contributed by atoms with E-state index in [2.05, 4.69) is 10.4 Å². The lowest BCUT2D eigenvalue weighted by Crippen LogP contribution is -2.11. The summed E-state index contributed by atoms with van der Waals surface area (Å²) >= 11 is 6.15. The van der Waals surface area contributed by atoms with Gasteiger partial charge in [0.1, 0.15) is 11.5 Å². The molecular weight excluding hydrogens is 342 g/mol. The Kier molecular flexibility index (Phi) is 4.81. The summed E-state index contributed by atoms with van der Waals surface area (Å²) in [6.45, 7) is 4.15. The van der Waals surface area contributed by atoms with Gasteiger partial charge in [0.15, 0.2) is 5.76 Å². The second-order valence-electron chi connectivity index (χ2n) is 5.59. The number of hydrogen-bond donors (Lipinski definition) is 1. The van der Waals surface area contributed by atoms with E-state index in [4.69, 9.17) is 20.8 Å². The van der Waals surface area contributed by atoms with Crippen LogP contribution in [0.4, 0.5) is 5.69 Å². The number of rotatable bonds is 5. The second-order valence-corrected chi connectivity index (χ2v) is 5.97. The van der Waals surface area contributed by atoms with Gasteiger partial charge >= 0.3 is 0 Å². The van der Waals surface area contributed by atoms with Crippen LogP contribution in [0.2, 0.25) is 5.02 Å². The number of aromatic nitrogens is 2. The molecule has 1 aromatic carbocycles. The Morgan fingerprint density at radius 3 is 2.80 bits per heavy atom. The van der Waals surface area contributed by atoms with Crippen molar-refractivity contribution >= 4 is 23.2 Å². The summed E-state index contributed by atoms with van der Waals surface area (Å²) in [5.74, 6) is 1.19. The number of halogens is 1. The summed E-state index contributed by atoms with van der Waals surface area (Å²) in [5.41, 5.74) is 2.26. The number of amides is 1. The molecule has 0 aliphatic carbocycles. The third kappa shape index (κ3) is 3.69. The van der Waals surface area contributed by atoms with Crippen molar-refractivity contribution in [2.75, 3.05) is 12.4 Å². The molecule has 0 saturated carbocycles. The fourth-order valence-electron chi connectivity index (χ4n) is 2.46. The average Bonchev–Trinajstić information content (AvgIpc) is 3.16. The molecule has 2 aromatic heterocycles. The molecule has 0 bridgehead atoms. The monoisotopic (exact) mass is 359 g/mol. The maximum absolute atomic E-state index is 12.3. The van der Waals surface area contributed by atoms with E-state index in [1.54, 1.807) is 48.2 Å². The molecule has 0 spiro atoms. The highest BCUT2D eigenvalue weighted by atomic mass is 35.5. The average molecular weight is 360 g/mol. The Bertz CT molecular complexity index is 914. The van der Waals surface area contributed by atoms with E-state index in [9.17, 15) is 4.79 Å².